The lowest BCUT2D eigenvalue weighted by Crippen LogP contribution is -2.29. The van der Waals surface area contributed by atoms with Crippen molar-refractivity contribution in [3.05, 3.63) is 59.7 Å². The van der Waals surface area contributed by atoms with Gasteiger partial charge in [0.15, 0.2) is 0 Å². The number of hydrogen-bond acceptors (Lipinski definition) is 6. The fourth-order valence-electron chi connectivity index (χ4n) is 6.98. The van der Waals surface area contributed by atoms with Gasteiger partial charge in [-0.25, -0.2) is 0 Å². The van der Waals surface area contributed by atoms with E-state index in [1.165, 1.54) is 128 Å². The van der Waals surface area contributed by atoms with Gasteiger partial charge in [0.2, 0.25) is 0 Å². The summed E-state index contributed by atoms with van der Waals surface area (Å²) >= 11 is 0. The molecule has 54 heavy (non-hydrogen) atoms. The first-order valence-electron chi connectivity index (χ1n) is 22.4. The summed E-state index contributed by atoms with van der Waals surface area (Å²) in [4.78, 5) is 30.3. The number of unbranched alkanes of at least 4 members (excludes halogenated alkanes) is 16. The average molecular weight is 749 g/mol. The zero-order valence-corrected chi connectivity index (χ0v) is 35.4. The first-order valence-corrected chi connectivity index (χ1v) is 22.4. The standard InChI is InChI=1S/C48H80N2O4/c1-5-9-13-17-19-23-37-49(35-21-15-11-7-3)39-33-47(51)53-41-43-25-29-45(30-26-43)46-31-27-44(28-32-46)42-54-48(52)34-40-50(36-22-16-12-8-4)38-24-20-18-14-10-6-2/h25-32H,5-24,33-42H2,1-4H3. The van der Waals surface area contributed by atoms with Gasteiger partial charge in [0.05, 0.1) is 12.8 Å². The van der Waals surface area contributed by atoms with Gasteiger partial charge in [-0.15, -0.1) is 0 Å². The molecule has 306 valence electrons. The van der Waals surface area contributed by atoms with E-state index in [4.69, 9.17) is 9.47 Å². The third kappa shape index (κ3) is 23.9. The van der Waals surface area contributed by atoms with Crippen LogP contribution in [0.1, 0.15) is 180 Å². The van der Waals surface area contributed by atoms with Gasteiger partial charge in [0.1, 0.15) is 13.2 Å². The van der Waals surface area contributed by atoms with Crippen molar-refractivity contribution < 1.29 is 19.1 Å². The van der Waals surface area contributed by atoms with E-state index >= 15 is 0 Å². The monoisotopic (exact) mass is 749 g/mol. The zero-order valence-electron chi connectivity index (χ0n) is 35.4. The highest BCUT2D eigenvalue weighted by Gasteiger charge is 2.12. The summed E-state index contributed by atoms with van der Waals surface area (Å²) in [5.74, 6) is -0.241. The van der Waals surface area contributed by atoms with E-state index in [1.807, 2.05) is 24.3 Å². The van der Waals surface area contributed by atoms with Crippen LogP contribution in [0.4, 0.5) is 0 Å². The molecule has 2 rings (SSSR count). The number of carbonyl (C=O) groups is 2. The molecule has 0 unspecified atom stereocenters. The molecule has 0 aromatic heterocycles. The van der Waals surface area contributed by atoms with Crippen LogP contribution in [0.15, 0.2) is 48.5 Å². The Balaban J connectivity index is 1.74. The Bertz CT molecular complexity index is 1090. The first-order chi connectivity index (χ1) is 26.5. The molecule has 0 aliphatic carbocycles. The molecule has 0 bridgehead atoms. The minimum atomic E-state index is -0.121. The number of rotatable bonds is 35. The van der Waals surface area contributed by atoms with Gasteiger partial charge in [-0.2, -0.15) is 0 Å². The number of carbonyl (C=O) groups excluding carboxylic acids is 2. The third-order valence-corrected chi connectivity index (χ3v) is 10.6. The SMILES string of the molecule is CCCCCCCCN(CCCCCC)CCC(=O)OCc1ccc(-c2ccc(COC(=O)CCN(CCCCCC)CCCCCCCC)cc2)cc1. The highest BCUT2D eigenvalue weighted by atomic mass is 16.5. The Morgan fingerprint density at radius 2 is 0.667 bits per heavy atom. The smallest absolute Gasteiger partial charge is 0.307 e. The Kier molecular flexibility index (Phi) is 28.6. The minimum Gasteiger partial charge on any atom is -0.461 e. The van der Waals surface area contributed by atoms with Gasteiger partial charge in [-0.05, 0) is 74.1 Å². The molecule has 0 fully saturated rings. The predicted molar refractivity (Wildman–Crippen MR) is 229 cm³/mol. The largest absolute Gasteiger partial charge is 0.461 e. The molecule has 0 aliphatic rings. The fraction of sp³-hybridized carbons (Fsp3) is 0.708. The van der Waals surface area contributed by atoms with Crippen LogP contribution >= 0.6 is 0 Å². The molecule has 0 aliphatic heterocycles. The Labute approximate surface area is 332 Å². The topological polar surface area (TPSA) is 59.1 Å². The van der Waals surface area contributed by atoms with E-state index in [2.05, 4.69) is 61.8 Å². The van der Waals surface area contributed by atoms with Gasteiger partial charge in [-0.1, -0.05) is 179 Å². The van der Waals surface area contributed by atoms with Crippen molar-refractivity contribution in [2.24, 2.45) is 0 Å². The molecule has 0 radical (unpaired) electrons. The van der Waals surface area contributed by atoms with E-state index < -0.39 is 0 Å². The lowest BCUT2D eigenvalue weighted by atomic mass is 10.0. The highest BCUT2D eigenvalue weighted by Crippen LogP contribution is 2.21. The second-order valence-electron chi connectivity index (χ2n) is 15.6. The normalized spacial score (nSPS) is 11.4. The quantitative estimate of drug-likeness (QED) is 0.0517. The number of benzene rings is 2. The molecule has 6 heteroatoms. The van der Waals surface area contributed by atoms with Crippen molar-refractivity contribution in [3.63, 3.8) is 0 Å². The van der Waals surface area contributed by atoms with Gasteiger partial charge in [0, 0.05) is 13.1 Å². The van der Waals surface area contributed by atoms with Crippen molar-refractivity contribution in [1.29, 1.82) is 0 Å². The van der Waals surface area contributed by atoms with Gasteiger partial charge >= 0.3 is 11.9 Å². The van der Waals surface area contributed by atoms with Crippen molar-refractivity contribution in [2.75, 3.05) is 39.3 Å². The van der Waals surface area contributed by atoms with E-state index in [0.717, 1.165) is 61.5 Å². The van der Waals surface area contributed by atoms with E-state index in [-0.39, 0.29) is 11.9 Å². The molecular weight excluding hydrogens is 669 g/mol. The van der Waals surface area contributed by atoms with Crippen molar-refractivity contribution in [2.45, 2.75) is 182 Å². The van der Waals surface area contributed by atoms with Crippen LogP contribution in [0, 0.1) is 0 Å². The van der Waals surface area contributed by atoms with Crippen LogP contribution in [0.3, 0.4) is 0 Å². The summed E-state index contributed by atoms with van der Waals surface area (Å²) in [6.07, 6.45) is 26.4. The van der Waals surface area contributed by atoms with E-state index in [0.29, 0.717) is 26.1 Å². The predicted octanol–water partition coefficient (Wildman–Crippen LogP) is 12.7. The summed E-state index contributed by atoms with van der Waals surface area (Å²) in [6, 6.07) is 16.5. The van der Waals surface area contributed by atoms with Crippen LogP contribution < -0.4 is 0 Å². The second kappa shape index (κ2) is 32.5. The van der Waals surface area contributed by atoms with Crippen LogP contribution in [-0.2, 0) is 32.3 Å². The maximum atomic E-state index is 12.7. The summed E-state index contributed by atoms with van der Waals surface area (Å²) < 4.78 is 11.4. The molecule has 0 amide bonds. The van der Waals surface area contributed by atoms with Crippen molar-refractivity contribution >= 4 is 11.9 Å². The van der Waals surface area contributed by atoms with Gasteiger partial charge in [-0.3, -0.25) is 9.59 Å². The number of hydrogen-bond donors (Lipinski definition) is 0. The number of ether oxygens (including phenoxy) is 2. The molecule has 2 aromatic rings. The van der Waals surface area contributed by atoms with Crippen molar-refractivity contribution in [1.82, 2.24) is 9.80 Å². The lowest BCUT2D eigenvalue weighted by molar-refractivity contribution is -0.146. The van der Waals surface area contributed by atoms with E-state index in [9.17, 15) is 9.59 Å². The molecular formula is C48H80N2O4. The van der Waals surface area contributed by atoms with Crippen LogP contribution in [-0.4, -0.2) is 61.0 Å². The maximum Gasteiger partial charge on any atom is 0.307 e. The summed E-state index contributed by atoms with van der Waals surface area (Å²) in [5, 5.41) is 0. The second-order valence-corrected chi connectivity index (χ2v) is 15.6. The molecule has 0 atom stereocenters. The maximum absolute atomic E-state index is 12.7. The van der Waals surface area contributed by atoms with Crippen LogP contribution in [0.2, 0.25) is 0 Å². The van der Waals surface area contributed by atoms with Gasteiger partial charge in [0.25, 0.3) is 0 Å². The van der Waals surface area contributed by atoms with E-state index in [1.54, 1.807) is 0 Å². The number of nitrogens with zero attached hydrogens (tertiary/aromatic N) is 2. The lowest BCUT2D eigenvalue weighted by Gasteiger charge is -2.22. The number of esters is 2. The van der Waals surface area contributed by atoms with Crippen LogP contribution in [0.25, 0.3) is 11.1 Å². The average Bonchev–Trinajstić information content (AvgIpc) is 3.19. The fourth-order valence-corrected chi connectivity index (χ4v) is 6.98. The van der Waals surface area contributed by atoms with Crippen molar-refractivity contribution in [3.8, 4) is 11.1 Å². The summed E-state index contributed by atoms with van der Waals surface area (Å²) in [7, 11) is 0. The Morgan fingerprint density at radius 3 is 0.981 bits per heavy atom. The summed E-state index contributed by atoms with van der Waals surface area (Å²) in [6.45, 7) is 15.5. The molecule has 0 N–H and O–H groups in total. The molecule has 0 spiro atoms. The highest BCUT2D eigenvalue weighted by molar-refractivity contribution is 5.70. The molecule has 6 nitrogen and oxygen atoms in total. The molecule has 0 saturated heterocycles. The molecule has 0 saturated carbocycles. The molecule has 2 aromatic carbocycles. The minimum absolute atomic E-state index is 0.121. The third-order valence-electron chi connectivity index (χ3n) is 10.6. The Hall–Kier alpha value is -2.70. The molecule has 0 heterocycles. The first kappa shape index (κ1) is 47.5. The zero-order chi connectivity index (χ0) is 38.9. The van der Waals surface area contributed by atoms with Gasteiger partial charge < -0.3 is 19.3 Å². The summed E-state index contributed by atoms with van der Waals surface area (Å²) in [5.41, 5.74) is 4.19. The Morgan fingerprint density at radius 1 is 0.389 bits per heavy atom. The van der Waals surface area contributed by atoms with Crippen LogP contribution in [0.5, 0.6) is 0 Å².